The van der Waals surface area contributed by atoms with Crippen molar-refractivity contribution in [3.05, 3.63) is 59.2 Å². The molecule has 1 saturated heterocycles. The second kappa shape index (κ2) is 9.61. The standard InChI is InChI=1S/C22H22F3N3O3S/c23-22(24,25)18-8-9-20(28-10-2-1-3-11-28)19(12-18)27-21(29)15-32(30,31)14-17-6-4-16(13-26)5-7-17/h4-9,12H,1-3,10-11,14-15H2,(H,27,29). The summed E-state index contributed by atoms with van der Waals surface area (Å²) in [6.45, 7) is 1.29. The molecular weight excluding hydrogens is 443 g/mol. The number of anilines is 2. The monoisotopic (exact) mass is 465 g/mol. The molecule has 1 heterocycles. The molecular formula is C22H22F3N3O3S. The van der Waals surface area contributed by atoms with E-state index in [0.717, 1.165) is 31.4 Å². The molecule has 0 aliphatic carbocycles. The summed E-state index contributed by atoms with van der Waals surface area (Å²) in [7, 11) is -3.88. The van der Waals surface area contributed by atoms with Crippen molar-refractivity contribution in [2.45, 2.75) is 31.2 Å². The second-order valence-corrected chi connectivity index (χ2v) is 9.73. The zero-order chi connectivity index (χ0) is 23.4. The number of hydrogen-bond acceptors (Lipinski definition) is 5. The van der Waals surface area contributed by atoms with Crippen molar-refractivity contribution in [1.82, 2.24) is 0 Å². The third kappa shape index (κ3) is 6.23. The molecule has 0 aromatic heterocycles. The minimum absolute atomic E-state index is 0.0553. The van der Waals surface area contributed by atoms with E-state index < -0.39 is 39.0 Å². The SMILES string of the molecule is N#Cc1ccc(CS(=O)(=O)CC(=O)Nc2cc(C(F)(F)F)ccc2N2CCCCC2)cc1. The Balaban J connectivity index is 1.77. The minimum Gasteiger partial charge on any atom is -0.370 e. The maximum absolute atomic E-state index is 13.2. The predicted octanol–water partition coefficient (Wildman–Crippen LogP) is 4.12. The van der Waals surface area contributed by atoms with Crippen molar-refractivity contribution in [2.24, 2.45) is 0 Å². The van der Waals surface area contributed by atoms with Gasteiger partial charge in [0.15, 0.2) is 9.84 Å². The summed E-state index contributed by atoms with van der Waals surface area (Å²) in [5.74, 6) is -2.20. The van der Waals surface area contributed by atoms with E-state index in [-0.39, 0.29) is 5.69 Å². The topological polar surface area (TPSA) is 90.3 Å². The van der Waals surface area contributed by atoms with Crippen LogP contribution in [0.5, 0.6) is 0 Å². The number of carbonyl (C=O) groups excluding carboxylic acids is 1. The van der Waals surface area contributed by atoms with Crippen molar-refractivity contribution >= 4 is 27.1 Å². The molecule has 10 heteroatoms. The van der Waals surface area contributed by atoms with E-state index in [0.29, 0.717) is 29.9 Å². The van der Waals surface area contributed by atoms with Gasteiger partial charge in [0.05, 0.1) is 34.3 Å². The molecule has 0 bridgehead atoms. The highest BCUT2D eigenvalue weighted by atomic mass is 32.2. The van der Waals surface area contributed by atoms with Crippen molar-refractivity contribution in [2.75, 3.05) is 29.1 Å². The average molecular weight is 465 g/mol. The van der Waals surface area contributed by atoms with Crippen LogP contribution in [0.4, 0.5) is 24.5 Å². The van der Waals surface area contributed by atoms with Gasteiger partial charge >= 0.3 is 6.18 Å². The van der Waals surface area contributed by atoms with Crippen LogP contribution in [-0.2, 0) is 26.6 Å². The van der Waals surface area contributed by atoms with E-state index in [9.17, 15) is 26.4 Å². The van der Waals surface area contributed by atoms with E-state index in [1.807, 2.05) is 11.0 Å². The summed E-state index contributed by atoms with van der Waals surface area (Å²) in [6, 6.07) is 10.9. The van der Waals surface area contributed by atoms with Crippen LogP contribution in [0, 0.1) is 11.3 Å². The first-order valence-corrected chi connectivity index (χ1v) is 11.8. The van der Waals surface area contributed by atoms with E-state index in [2.05, 4.69) is 5.32 Å². The van der Waals surface area contributed by atoms with Crippen LogP contribution in [-0.4, -0.2) is 33.2 Å². The predicted molar refractivity (Wildman–Crippen MR) is 115 cm³/mol. The number of sulfone groups is 1. The second-order valence-electron chi connectivity index (χ2n) is 7.67. The summed E-state index contributed by atoms with van der Waals surface area (Å²) in [4.78, 5) is 14.4. The van der Waals surface area contributed by atoms with Gasteiger partial charge in [-0.05, 0) is 55.2 Å². The zero-order valence-electron chi connectivity index (χ0n) is 17.2. The Morgan fingerprint density at radius 3 is 2.31 bits per heavy atom. The minimum atomic E-state index is -4.60. The van der Waals surface area contributed by atoms with E-state index in [1.165, 1.54) is 30.3 Å². The van der Waals surface area contributed by atoms with Crippen LogP contribution in [0.15, 0.2) is 42.5 Å². The molecule has 0 spiro atoms. The Kier molecular flexibility index (Phi) is 7.09. The Hall–Kier alpha value is -3.06. The van der Waals surface area contributed by atoms with Crippen molar-refractivity contribution in [3.63, 3.8) is 0 Å². The van der Waals surface area contributed by atoms with Crippen molar-refractivity contribution in [3.8, 4) is 6.07 Å². The molecule has 0 saturated carbocycles. The highest BCUT2D eigenvalue weighted by Crippen LogP contribution is 2.36. The lowest BCUT2D eigenvalue weighted by Gasteiger charge is -2.31. The van der Waals surface area contributed by atoms with Crippen molar-refractivity contribution in [1.29, 1.82) is 5.26 Å². The molecule has 170 valence electrons. The lowest BCUT2D eigenvalue weighted by atomic mass is 10.1. The molecule has 3 rings (SSSR count). The maximum atomic E-state index is 13.2. The molecule has 1 fully saturated rings. The van der Waals surface area contributed by atoms with Crippen LogP contribution in [0.3, 0.4) is 0 Å². The fraction of sp³-hybridized carbons (Fsp3) is 0.364. The lowest BCUT2D eigenvalue weighted by molar-refractivity contribution is -0.137. The highest BCUT2D eigenvalue weighted by Gasteiger charge is 2.32. The van der Waals surface area contributed by atoms with Crippen LogP contribution in [0.1, 0.15) is 36.0 Å². The quantitative estimate of drug-likeness (QED) is 0.693. The Morgan fingerprint density at radius 2 is 1.72 bits per heavy atom. The van der Waals surface area contributed by atoms with Crippen LogP contribution in [0.2, 0.25) is 0 Å². The number of piperidine rings is 1. The van der Waals surface area contributed by atoms with Crippen LogP contribution >= 0.6 is 0 Å². The van der Waals surface area contributed by atoms with Crippen LogP contribution in [0.25, 0.3) is 0 Å². The van der Waals surface area contributed by atoms with Gasteiger partial charge in [0.25, 0.3) is 0 Å². The van der Waals surface area contributed by atoms with Gasteiger partial charge in [0, 0.05) is 13.1 Å². The first kappa shape index (κ1) is 23.6. The van der Waals surface area contributed by atoms with Gasteiger partial charge in [-0.25, -0.2) is 8.42 Å². The number of nitrogens with one attached hydrogen (secondary N) is 1. The number of rotatable bonds is 6. The Labute approximate surface area is 184 Å². The molecule has 32 heavy (non-hydrogen) atoms. The molecule has 1 N–H and O–H groups in total. The van der Waals surface area contributed by atoms with Gasteiger partial charge in [0.1, 0.15) is 5.75 Å². The first-order valence-electron chi connectivity index (χ1n) is 10.0. The molecule has 0 atom stereocenters. The number of nitrogens with zero attached hydrogens (tertiary/aromatic N) is 2. The maximum Gasteiger partial charge on any atom is 0.416 e. The van der Waals surface area contributed by atoms with Crippen LogP contribution < -0.4 is 10.2 Å². The summed E-state index contributed by atoms with van der Waals surface area (Å²) in [6.07, 6.45) is -1.81. The van der Waals surface area contributed by atoms with Gasteiger partial charge in [0.2, 0.25) is 5.91 Å². The normalized spacial score (nSPS) is 14.6. The Bertz CT molecular complexity index is 1120. The van der Waals surface area contributed by atoms with Gasteiger partial charge in [-0.3, -0.25) is 4.79 Å². The van der Waals surface area contributed by atoms with E-state index in [1.54, 1.807) is 0 Å². The summed E-state index contributed by atoms with van der Waals surface area (Å²) in [5.41, 5.74) is 0.244. The third-order valence-corrected chi connectivity index (χ3v) is 6.59. The van der Waals surface area contributed by atoms with Gasteiger partial charge < -0.3 is 10.2 Å². The number of nitriles is 1. The number of benzene rings is 2. The third-order valence-electron chi connectivity index (χ3n) is 5.12. The van der Waals surface area contributed by atoms with E-state index >= 15 is 0 Å². The first-order chi connectivity index (χ1) is 15.1. The molecule has 0 unspecified atom stereocenters. The van der Waals surface area contributed by atoms with Gasteiger partial charge in [-0.2, -0.15) is 18.4 Å². The Morgan fingerprint density at radius 1 is 1.06 bits per heavy atom. The molecule has 1 aliphatic rings. The molecule has 1 amide bonds. The largest absolute Gasteiger partial charge is 0.416 e. The van der Waals surface area contributed by atoms with Gasteiger partial charge in [-0.15, -0.1) is 0 Å². The number of hydrogen-bond donors (Lipinski definition) is 1. The summed E-state index contributed by atoms with van der Waals surface area (Å²) >= 11 is 0. The lowest BCUT2D eigenvalue weighted by Crippen LogP contribution is -2.31. The molecule has 2 aromatic carbocycles. The van der Waals surface area contributed by atoms with Crippen molar-refractivity contribution < 1.29 is 26.4 Å². The average Bonchev–Trinajstić information content (AvgIpc) is 2.73. The van der Waals surface area contributed by atoms with E-state index in [4.69, 9.17) is 5.26 Å². The fourth-order valence-electron chi connectivity index (χ4n) is 3.59. The zero-order valence-corrected chi connectivity index (χ0v) is 18.0. The molecule has 2 aromatic rings. The summed E-state index contributed by atoms with van der Waals surface area (Å²) in [5, 5.41) is 11.2. The fourth-order valence-corrected chi connectivity index (χ4v) is 4.86. The smallest absolute Gasteiger partial charge is 0.370 e. The number of amides is 1. The van der Waals surface area contributed by atoms with Gasteiger partial charge in [-0.1, -0.05) is 12.1 Å². The number of carbonyl (C=O) groups is 1. The molecule has 6 nitrogen and oxygen atoms in total. The molecule has 0 radical (unpaired) electrons. The molecule has 1 aliphatic heterocycles. The summed E-state index contributed by atoms with van der Waals surface area (Å²) < 4.78 is 64.5. The number of alkyl halides is 3. The number of halogens is 3. The highest BCUT2D eigenvalue weighted by molar-refractivity contribution is 7.91.